The topological polar surface area (TPSA) is 111 Å². The first-order valence-corrected chi connectivity index (χ1v) is 9.80. The van der Waals surface area contributed by atoms with Crippen LogP contribution in [0.2, 0.25) is 0 Å². The molecule has 2 aromatic rings. The van der Waals surface area contributed by atoms with Gasteiger partial charge in [-0.3, -0.25) is 5.43 Å². The van der Waals surface area contributed by atoms with Crippen molar-refractivity contribution in [1.29, 1.82) is 0 Å². The number of hydrogen-bond donors (Lipinski definition) is 4. The van der Waals surface area contributed by atoms with Gasteiger partial charge in [0.15, 0.2) is 0 Å². The molecule has 0 heterocycles. The lowest BCUT2D eigenvalue weighted by molar-refractivity contribution is 0.0372. The largest absolute Gasteiger partial charge is 0.464 e. The highest BCUT2D eigenvalue weighted by molar-refractivity contribution is 5.67. The molecule has 8 nitrogen and oxygen atoms in total. The van der Waals surface area contributed by atoms with Gasteiger partial charge in [0.2, 0.25) is 0 Å². The Hall–Kier alpha value is -3.10. The lowest BCUT2D eigenvalue weighted by Crippen LogP contribution is -2.55. The summed E-state index contributed by atoms with van der Waals surface area (Å²) in [5, 5.41) is 23.9. The molecule has 0 fully saturated rings. The third-order valence-electron chi connectivity index (χ3n) is 4.53. The van der Waals surface area contributed by atoms with E-state index in [2.05, 4.69) is 10.7 Å². The van der Waals surface area contributed by atoms with Crippen LogP contribution in [-0.4, -0.2) is 52.1 Å². The number of ether oxygens (including phenoxy) is 1. The summed E-state index contributed by atoms with van der Waals surface area (Å²) in [6.45, 7) is 3.72. The van der Waals surface area contributed by atoms with E-state index in [0.717, 1.165) is 11.1 Å². The van der Waals surface area contributed by atoms with Crippen molar-refractivity contribution in [2.24, 2.45) is 0 Å². The molecule has 2 amide bonds. The van der Waals surface area contributed by atoms with E-state index in [-0.39, 0.29) is 19.2 Å². The summed E-state index contributed by atoms with van der Waals surface area (Å²) in [6.07, 6.45) is -2.54. The molecule has 0 saturated heterocycles. The first-order valence-electron chi connectivity index (χ1n) is 9.80. The van der Waals surface area contributed by atoms with E-state index in [1.807, 2.05) is 60.7 Å². The minimum Gasteiger partial charge on any atom is -0.464 e. The molecule has 2 atom stereocenters. The van der Waals surface area contributed by atoms with Gasteiger partial charge in [-0.2, -0.15) is 0 Å². The van der Waals surface area contributed by atoms with Crippen LogP contribution in [0.5, 0.6) is 0 Å². The number of benzene rings is 2. The van der Waals surface area contributed by atoms with Gasteiger partial charge in [-0.15, -0.1) is 0 Å². The van der Waals surface area contributed by atoms with Crippen molar-refractivity contribution < 1.29 is 24.5 Å². The van der Waals surface area contributed by atoms with E-state index in [1.165, 1.54) is 5.01 Å². The Bertz CT molecular complexity index is 786. The van der Waals surface area contributed by atoms with Crippen molar-refractivity contribution >= 4 is 12.2 Å². The van der Waals surface area contributed by atoms with Crippen LogP contribution in [0.25, 0.3) is 0 Å². The van der Waals surface area contributed by atoms with Gasteiger partial charge in [0.25, 0.3) is 0 Å². The number of aliphatic hydroxyl groups excluding tert-OH is 1. The number of alkyl carbamates (subject to hydrolysis) is 1. The van der Waals surface area contributed by atoms with Crippen molar-refractivity contribution in [3.63, 3.8) is 0 Å². The molecule has 2 aromatic carbocycles. The summed E-state index contributed by atoms with van der Waals surface area (Å²) in [6, 6.07) is 17.9. The molecule has 4 N–H and O–H groups in total. The second-order valence-electron chi connectivity index (χ2n) is 7.23. The van der Waals surface area contributed by atoms with Crippen LogP contribution in [-0.2, 0) is 17.8 Å². The van der Waals surface area contributed by atoms with Gasteiger partial charge < -0.3 is 20.3 Å². The molecule has 0 aromatic heterocycles. The normalized spacial score (nSPS) is 13.0. The highest BCUT2D eigenvalue weighted by Gasteiger charge is 2.26. The molecule has 2 rings (SSSR count). The Morgan fingerprint density at radius 1 is 1.00 bits per heavy atom. The molecule has 0 spiro atoms. The zero-order chi connectivity index (χ0) is 21.9. The predicted molar refractivity (Wildman–Crippen MR) is 113 cm³/mol. The Balaban J connectivity index is 2.04. The van der Waals surface area contributed by atoms with E-state index < -0.39 is 24.3 Å². The average molecular weight is 415 g/mol. The Morgan fingerprint density at radius 2 is 1.57 bits per heavy atom. The molecule has 30 heavy (non-hydrogen) atoms. The smallest absolute Gasteiger partial charge is 0.419 e. The zero-order valence-electron chi connectivity index (χ0n) is 17.2. The van der Waals surface area contributed by atoms with Gasteiger partial charge in [0.1, 0.15) is 6.61 Å². The molecular weight excluding hydrogens is 386 g/mol. The lowest BCUT2D eigenvalue weighted by atomic mass is 10.0. The number of nitrogens with one attached hydrogen (secondary N) is 2. The quantitative estimate of drug-likeness (QED) is 0.444. The summed E-state index contributed by atoms with van der Waals surface area (Å²) < 4.78 is 5.28. The maximum Gasteiger partial charge on any atom is 0.419 e. The summed E-state index contributed by atoms with van der Waals surface area (Å²) in [5.41, 5.74) is 4.05. The minimum atomic E-state index is -1.22. The summed E-state index contributed by atoms with van der Waals surface area (Å²) >= 11 is 0. The third-order valence-corrected chi connectivity index (χ3v) is 4.53. The molecule has 0 aliphatic carbocycles. The van der Waals surface area contributed by atoms with Crippen LogP contribution in [0, 0.1) is 0 Å². The predicted octanol–water partition coefficient (Wildman–Crippen LogP) is 2.78. The number of aliphatic hydroxyl groups is 1. The number of amides is 2. The molecule has 0 bridgehead atoms. The molecule has 0 unspecified atom stereocenters. The number of carboxylic acid groups (broad SMARTS) is 1. The van der Waals surface area contributed by atoms with Crippen LogP contribution in [0.15, 0.2) is 60.7 Å². The lowest BCUT2D eigenvalue weighted by Gasteiger charge is -2.31. The van der Waals surface area contributed by atoms with E-state index in [4.69, 9.17) is 9.84 Å². The van der Waals surface area contributed by atoms with Crippen LogP contribution in [0.4, 0.5) is 9.59 Å². The van der Waals surface area contributed by atoms with E-state index in [1.54, 1.807) is 13.8 Å². The fourth-order valence-electron chi connectivity index (χ4n) is 2.90. The van der Waals surface area contributed by atoms with Gasteiger partial charge >= 0.3 is 12.2 Å². The molecule has 0 saturated carbocycles. The van der Waals surface area contributed by atoms with Gasteiger partial charge in [0.05, 0.1) is 12.1 Å². The standard InChI is InChI=1S/C22H29N3O5/c1-16(2)25(24-21(27)28)14-20(26)19(13-17-9-5-3-6-10-17)23-22(29)30-15-18-11-7-4-8-12-18/h3-12,16,19-20,24,26H,13-15H2,1-2H3,(H,23,29)(H,27,28)/t19-,20-/m0/s1. The van der Waals surface area contributed by atoms with E-state index >= 15 is 0 Å². The fraction of sp³-hybridized carbons (Fsp3) is 0.364. The number of rotatable bonds is 10. The first-order chi connectivity index (χ1) is 14.3. The molecule has 0 aliphatic heterocycles. The van der Waals surface area contributed by atoms with E-state index in [0.29, 0.717) is 6.42 Å². The average Bonchev–Trinajstić information content (AvgIpc) is 2.72. The van der Waals surface area contributed by atoms with Crippen molar-refractivity contribution in [3.8, 4) is 0 Å². The number of hydrogen-bond acceptors (Lipinski definition) is 5. The number of carbonyl (C=O) groups is 2. The summed E-state index contributed by atoms with van der Waals surface area (Å²) in [5.74, 6) is 0. The maximum absolute atomic E-state index is 12.4. The monoisotopic (exact) mass is 415 g/mol. The van der Waals surface area contributed by atoms with Crippen molar-refractivity contribution in [2.45, 2.75) is 45.1 Å². The SMILES string of the molecule is CC(C)N(C[C@H](O)[C@H](Cc1ccccc1)NC(=O)OCc1ccccc1)NC(=O)O. The van der Waals surface area contributed by atoms with Gasteiger partial charge in [-0.1, -0.05) is 60.7 Å². The first kappa shape index (κ1) is 23.2. The Kier molecular flexibility index (Phi) is 9.11. The second kappa shape index (κ2) is 11.8. The van der Waals surface area contributed by atoms with Crippen LogP contribution in [0.3, 0.4) is 0 Å². The second-order valence-corrected chi connectivity index (χ2v) is 7.23. The minimum absolute atomic E-state index is 0.000429. The fourth-order valence-corrected chi connectivity index (χ4v) is 2.90. The van der Waals surface area contributed by atoms with Crippen LogP contribution < -0.4 is 10.7 Å². The van der Waals surface area contributed by atoms with Crippen LogP contribution >= 0.6 is 0 Å². The molecular formula is C22H29N3O5. The van der Waals surface area contributed by atoms with Gasteiger partial charge in [-0.05, 0) is 31.4 Å². The molecule has 162 valence electrons. The summed E-state index contributed by atoms with van der Waals surface area (Å²) in [4.78, 5) is 23.4. The Morgan fingerprint density at radius 3 is 2.10 bits per heavy atom. The highest BCUT2D eigenvalue weighted by atomic mass is 16.5. The van der Waals surface area contributed by atoms with Crippen molar-refractivity contribution in [3.05, 3.63) is 71.8 Å². The number of carbonyl (C=O) groups excluding carboxylic acids is 1. The third kappa shape index (κ3) is 8.10. The van der Waals surface area contributed by atoms with Crippen LogP contribution in [0.1, 0.15) is 25.0 Å². The van der Waals surface area contributed by atoms with Crippen molar-refractivity contribution in [1.82, 2.24) is 15.8 Å². The number of hydrazine groups is 1. The highest BCUT2D eigenvalue weighted by Crippen LogP contribution is 2.10. The maximum atomic E-state index is 12.4. The van der Waals surface area contributed by atoms with Crippen molar-refractivity contribution in [2.75, 3.05) is 6.54 Å². The Labute approximate surface area is 176 Å². The zero-order valence-corrected chi connectivity index (χ0v) is 17.2. The molecule has 0 aliphatic rings. The number of nitrogens with zero attached hydrogens (tertiary/aromatic N) is 1. The molecule has 0 radical (unpaired) electrons. The van der Waals surface area contributed by atoms with E-state index in [9.17, 15) is 14.7 Å². The van der Waals surface area contributed by atoms with Gasteiger partial charge in [-0.25, -0.2) is 14.6 Å². The molecule has 8 heteroatoms. The van der Waals surface area contributed by atoms with Gasteiger partial charge in [0, 0.05) is 12.6 Å². The summed E-state index contributed by atoms with van der Waals surface area (Å²) in [7, 11) is 0.